The molecule has 0 saturated heterocycles. The lowest BCUT2D eigenvalue weighted by molar-refractivity contribution is -0.112. The van der Waals surface area contributed by atoms with Gasteiger partial charge >= 0.3 is 0 Å². The first-order valence-corrected chi connectivity index (χ1v) is 6.42. The molecule has 1 N–H and O–H groups in total. The first-order chi connectivity index (χ1) is 8.60. The first-order valence-electron chi connectivity index (χ1n) is 5.60. The van der Waals surface area contributed by atoms with E-state index in [1.54, 1.807) is 6.92 Å². The lowest BCUT2D eigenvalue weighted by Gasteiger charge is -2.00. The van der Waals surface area contributed by atoms with Gasteiger partial charge in [0.15, 0.2) is 5.13 Å². The van der Waals surface area contributed by atoms with Crippen LogP contribution in [0.3, 0.4) is 0 Å². The third-order valence-electron chi connectivity index (χ3n) is 2.28. The van der Waals surface area contributed by atoms with Crippen LogP contribution in [0.15, 0.2) is 30.4 Å². The molecule has 0 saturated carbocycles. The van der Waals surface area contributed by atoms with Gasteiger partial charge in [0.1, 0.15) is 5.75 Å². The monoisotopic (exact) mass is 262 g/mol. The summed E-state index contributed by atoms with van der Waals surface area (Å²) >= 11 is 1.42. The topological polar surface area (TPSA) is 51.2 Å². The Labute approximate surface area is 109 Å². The Morgan fingerprint density at radius 3 is 3.00 bits per heavy atom. The minimum absolute atomic E-state index is 0.209. The summed E-state index contributed by atoms with van der Waals surface area (Å²) in [6.07, 6.45) is 0. The Balaban J connectivity index is 2.27. The van der Waals surface area contributed by atoms with Crippen LogP contribution in [0.2, 0.25) is 0 Å². The molecule has 1 aromatic heterocycles. The van der Waals surface area contributed by atoms with Gasteiger partial charge in [0.05, 0.1) is 16.8 Å². The molecule has 0 spiro atoms. The molecule has 0 aliphatic heterocycles. The van der Waals surface area contributed by atoms with Crippen LogP contribution in [0.4, 0.5) is 5.13 Å². The van der Waals surface area contributed by atoms with Gasteiger partial charge in [-0.1, -0.05) is 17.9 Å². The molecule has 0 aliphatic carbocycles. The van der Waals surface area contributed by atoms with Crippen LogP contribution in [-0.2, 0) is 4.79 Å². The van der Waals surface area contributed by atoms with Gasteiger partial charge in [0.2, 0.25) is 0 Å². The summed E-state index contributed by atoms with van der Waals surface area (Å²) in [5.74, 6) is 0.602. The van der Waals surface area contributed by atoms with E-state index >= 15 is 0 Å². The number of carbonyl (C=O) groups is 1. The third kappa shape index (κ3) is 2.68. The van der Waals surface area contributed by atoms with Crippen molar-refractivity contribution in [2.75, 3.05) is 11.9 Å². The zero-order chi connectivity index (χ0) is 13.1. The average Bonchev–Trinajstić information content (AvgIpc) is 2.70. The number of hydrogen-bond donors (Lipinski definition) is 1. The van der Waals surface area contributed by atoms with Crippen LogP contribution in [-0.4, -0.2) is 17.5 Å². The van der Waals surface area contributed by atoms with Crippen LogP contribution < -0.4 is 10.1 Å². The van der Waals surface area contributed by atoms with Gasteiger partial charge in [0, 0.05) is 5.57 Å². The van der Waals surface area contributed by atoms with Crippen molar-refractivity contribution in [2.45, 2.75) is 13.8 Å². The minimum Gasteiger partial charge on any atom is -0.494 e. The van der Waals surface area contributed by atoms with Crippen molar-refractivity contribution < 1.29 is 9.53 Å². The van der Waals surface area contributed by atoms with E-state index in [0.717, 1.165) is 16.0 Å². The molecule has 0 atom stereocenters. The minimum atomic E-state index is -0.209. The number of amides is 1. The van der Waals surface area contributed by atoms with Gasteiger partial charge in [-0.3, -0.25) is 10.1 Å². The molecule has 4 nitrogen and oxygen atoms in total. The Hall–Kier alpha value is -1.88. The van der Waals surface area contributed by atoms with Gasteiger partial charge in [-0.25, -0.2) is 4.98 Å². The number of aromatic nitrogens is 1. The van der Waals surface area contributed by atoms with E-state index in [1.165, 1.54) is 11.3 Å². The van der Waals surface area contributed by atoms with Crippen LogP contribution in [0, 0.1) is 0 Å². The SMILES string of the molecule is C=C(C)C(=O)Nc1nc2ccc(OCC)cc2s1. The lowest BCUT2D eigenvalue weighted by atomic mass is 10.3. The summed E-state index contributed by atoms with van der Waals surface area (Å²) in [5.41, 5.74) is 1.31. The molecule has 2 rings (SSSR count). The summed E-state index contributed by atoms with van der Waals surface area (Å²) in [6.45, 7) is 7.82. The number of benzene rings is 1. The van der Waals surface area contributed by atoms with Crippen LogP contribution >= 0.6 is 11.3 Å². The maximum atomic E-state index is 11.5. The molecule has 1 amide bonds. The number of nitrogens with one attached hydrogen (secondary N) is 1. The van der Waals surface area contributed by atoms with E-state index in [1.807, 2.05) is 25.1 Å². The molecule has 0 fully saturated rings. The van der Waals surface area contributed by atoms with Crippen LogP contribution in [0.25, 0.3) is 10.2 Å². The number of thiazole rings is 1. The van der Waals surface area contributed by atoms with Gasteiger partial charge in [-0.15, -0.1) is 0 Å². The largest absolute Gasteiger partial charge is 0.494 e. The zero-order valence-electron chi connectivity index (χ0n) is 10.3. The fraction of sp³-hybridized carbons (Fsp3) is 0.231. The molecular weight excluding hydrogens is 248 g/mol. The highest BCUT2D eigenvalue weighted by Crippen LogP contribution is 2.29. The van der Waals surface area contributed by atoms with Crippen molar-refractivity contribution in [1.29, 1.82) is 0 Å². The molecule has 1 aromatic carbocycles. The summed E-state index contributed by atoms with van der Waals surface area (Å²) in [5, 5.41) is 3.29. The van der Waals surface area contributed by atoms with E-state index in [4.69, 9.17) is 4.74 Å². The van der Waals surface area contributed by atoms with Crippen LogP contribution in [0.5, 0.6) is 5.75 Å². The number of anilines is 1. The van der Waals surface area contributed by atoms with Gasteiger partial charge < -0.3 is 4.74 Å². The maximum Gasteiger partial charge on any atom is 0.252 e. The average molecular weight is 262 g/mol. The van der Waals surface area contributed by atoms with Gasteiger partial charge in [-0.2, -0.15) is 0 Å². The molecule has 0 unspecified atom stereocenters. The Bertz CT molecular complexity index is 604. The quantitative estimate of drug-likeness (QED) is 0.861. The number of fused-ring (bicyclic) bond motifs is 1. The molecule has 2 aromatic rings. The summed E-state index contributed by atoms with van der Waals surface area (Å²) in [6, 6.07) is 5.68. The predicted octanol–water partition coefficient (Wildman–Crippen LogP) is 3.21. The predicted molar refractivity (Wildman–Crippen MR) is 74.2 cm³/mol. The molecule has 0 aliphatic rings. The molecule has 1 heterocycles. The number of hydrogen-bond acceptors (Lipinski definition) is 4. The van der Waals surface area contributed by atoms with Gasteiger partial charge in [-0.05, 0) is 32.0 Å². The standard InChI is InChI=1S/C13H14N2O2S/c1-4-17-9-5-6-10-11(7-9)18-13(14-10)15-12(16)8(2)3/h5-7H,2,4H2,1,3H3,(H,14,15,16). The Morgan fingerprint density at radius 1 is 1.56 bits per heavy atom. The van der Waals surface area contributed by atoms with E-state index in [-0.39, 0.29) is 5.91 Å². The highest BCUT2D eigenvalue weighted by molar-refractivity contribution is 7.22. The highest BCUT2D eigenvalue weighted by atomic mass is 32.1. The summed E-state index contributed by atoms with van der Waals surface area (Å²) in [7, 11) is 0. The highest BCUT2D eigenvalue weighted by Gasteiger charge is 2.08. The number of ether oxygens (including phenoxy) is 1. The molecule has 5 heteroatoms. The fourth-order valence-corrected chi connectivity index (χ4v) is 2.31. The van der Waals surface area contributed by atoms with E-state index in [2.05, 4.69) is 16.9 Å². The zero-order valence-corrected chi connectivity index (χ0v) is 11.1. The van der Waals surface area contributed by atoms with E-state index in [9.17, 15) is 4.79 Å². The van der Waals surface area contributed by atoms with Gasteiger partial charge in [0.25, 0.3) is 5.91 Å². The van der Waals surface area contributed by atoms with Crippen molar-refractivity contribution in [3.8, 4) is 5.75 Å². The smallest absolute Gasteiger partial charge is 0.252 e. The van der Waals surface area contributed by atoms with Crippen LogP contribution in [0.1, 0.15) is 13.8 Å². The number of rotatable bonds is 4. The molecule has 0 radical (unpaired) electrons. The van der Waals surface area contributed by atoms with Crippen molar-refractivity contribution in [2.24, 2.45) is 0 Å². The Morgan fingerprint density at radius 2 is 2.33 bits per heavy atom. The van der Waals surface area contributed by atoms with E-state index in [0.29, 0.717) is 17.3 Å². The van der Waals surface area contributed by atoms with Crippen molar-refractivity contribution in [3.63, 3.8) is 0 Å². The van der Waals surface area contributed by atoms with E-state index < -0.39 is 0 Å². The van der Waals surface area contributed by atoms with Crippen molar-refractivity contribution in [3.05, 3.63) is 30.4 Å². The van der Waals surface area contributed by atoms with Crippen molar-refractivity contribution in [1.82, 2.24) is 4.98 Å². The summed E-state index contributed by atoms with van der Waals surface area (Å²) in [4.78, 5) is 15.8. The summed E-state index contributed by atoms with van der Waals surface area (Å²) < 4.78 is 6.40. The van der Waals surface area contributed by atoms with Crippen molar-refractivity contribution >= 4 is 32.6 Å². The molecule has 18 heavy (non-hydrogen) atoms. The number of nitrogens with zero attached hydrogens (tertiary/aromatic N) is 1. The first kappa shape index (κ1) is 12.6. The third-order valence-corrected chi connectivity index (χ3v) is 3.21. The second-order valence-corrected chi connectivity index (χ2v) is 4.85. The molecule has 0 bridgehead atoms. The fourth-order valence-electron chi connectivity index (χ4n) is 1.42. The normalized spacial score (nSPS) is 10.3. The Kier molecular flexibility index (Phi) is 3.62. The molecule has 94 valence electrons. The second-order valence-electron chi connectivity index (χ2n) is 3.82. The maximum absolute atomic E-state index is 11.5. The molecular formula is C13H14N2O2S. The lowest BCUT2D eigenvalue weighted by Crippen LogP contribution is -2.11. The second kappa shape index (κ2) is 5.18. The number of carbonyl (C=O) groups excluding carboxylic acids is 1.